The summed E-state index contributed by atoms with van der Waals surface area (Å²) in [6, 6.07) is 3.21. The molecule has 19 heavy (non-hydrogen) atoms. The molecule has 0 bridgehead atoms. The van der Waals surface area contributed by atoms with Gasteiger partial charge in [-0.2, -0.15) is 13.2 Å². The Hall–Kier alpha value is -1.44. The molecule has 0 aliphatic carbocycles. The Bertz CT molecular complexity index is 409. The molecular formula is C11H14F3N3OS. The maximum absolute atomic E-state index is 11.9. The summed E-state index contributed by atoms with van der Waals surface area (Å²) >= 11 is -0.165. The third kappa shape index (κ3) is 6.32. The van der Waals surface area contributed by atoms with Gasteiger partial charge < -0.3 is 10.6 Å². The van der Waals surface area contributed by atoms with Crippen LogP contribution in [0.1, 0.15) is 17.4 Å². The zero-order valence-electron chi connectivity index (χ0n) is 10.3. The van der Waals surface area contributed by atoms with Crippen molar-refractivity contribution in [3.63, 3.8) is 0 Å². The average Bonchev–Trinajstić information content (AvgIpc) is 2.34. The van der Waals surface area contributed by atoms with E-state index in [0.717, 1.165) is 12.2 Å². The summed E-state index contributed by atoms with van der Waals surface area (Å²) in [5.74, 6) is -0.698. The zero-order chi connectivity index (χ0) is 14.3. The SMILES string of the molecule is CCNc1ccc(C(=O)NCCSC(F)(F)F)nc1. The first-order chi connectivity index (χ1) is 8.92. The van der Waals surface area contributed by atoms with E-state index < -0.39 is 11.4 Å². The number of alkyl halides is 3. The van der Waals surface area contributed by atoms with Crippen molar-refractivity contribution >= 4 is 23.4 Å². The number of amides is 1. The van der Waals surface area contributed by atoms with Crippen molar-refractivity contribution in [3.05, 3.63) is 24.0 Å². The number of anilines is 1. The Morgan fingerprint density at radius 2 is 2.16 bits per heavy atom. The number of nitrogens with zero attached hydrogens (tertiary/aromatic N) is 1. The van der Waals surface area contributed by atoms with Crippen LogP contribution in [0.15, 0.2) is 18.3 Å². The second-order valence-corrected chi connectivity index (χ2v) is 4.67. The number of carbonyl (C=O) groups is 1. The Kier molecular flexibility index (Phi) is 5.94. The van der Waals surface area contributed by atoms with E-state index in [4.69, 9.17) is 0 Å². The third-order valence-corrected chi connectivity index (χ3v) is 2.77. The van der Waals surface area contributed by atoms with Crippen LogP contribution >= 0.6 is 11.8 Å². The average molecular weight is 293 g/mol. The van der Waals surface area contributed by atoms with Crippen molar-refractivity contribution in [1.82, 2.24) is 10.3 Å². The molecule has 0 fully saturated rings. The van der Waals surface area contributed by atoms with Gasteiger partial charge in [0.2, 0.25) is 0 Å². The van der Waals surface area contributed by atoms with Crippen molar-refractivity contribution in [3.8, 4) is 0 Å². The number of hydrogen-bond acceptors (Lipinski definition) is 4. The predicted molar refractivity (Wildman–Crippen MR) is 69.2 cm³/mol. The van der Waals surface area contributed by atoms with E-state index in [1.54, 1.807) is 6.07 Å². The fourth-order valence-electron chi connectivity index (χ4n) is 1.26. The topological polar surface area (TPSA) is 54.0 Å². The summed E-state index contributed by atoms with van der Waals surface area (Å²) < 4.78 is 35.6. The van der Waals surface area contributed by atoms with Crippen LogP contribution in [0.25, 0.3) is 0 Å². The van der Waals surface area contributed by atoms with Crippen molar-refractivity contribution in [2.75, 3.05) is 24.2 Å². The summed E-state index contributed by atoms with van der Waals surface area (Å²) in [6.45, 7) is 2.61. The molecule has 0 atom stereocenters. The summed E-state index contributed by atoms with van der Waals surface area (Å²) in [6.07, 6.45) is 1.50. The molecule has 1 aromatic rings. The van der Waals surface area contributed by atoms with Gasteiger partial charge in [0.25, 0.3) is 5.91 Å². The van der Waals surface area contributed by atoms with E-state index >= 15 is 0 Å². The van der Waals surface area contributed by atoms with E-state index in [2.05, 4.69) is 15.6 Å². The normalized spacial score (nSPS) is 11.2. The molecular weight excluding hydrogens is 279 g/mol. The van der Waals surface area contributed by atoms with E-state index in [1.807, 2.05) is 6.92 Å². The first kappa shape index (κ1) is 15.6. The Morgan fingerprint density at radius 1 is 1.42 bits per heavy atom. The quantitative estimate of drug-likeness (QED) is 0.791. The number of rotatable bonds is 6. The molecule has 1 rings (SSSR count). The highest BCUT2D eigenvalue weighted by atomic mass is 32.2. The van der Waals surface area contributed by atoms with Gasteiger partial charge in [0.15, 0.2) is 0 Å². The first-order valence-electron chi connectivity index (χ1n) is 5.61. The van der Waals surface area contributed by atoms with Gasteiger partial charge in [-0.05, 0) is 30.8 Å². The van der Waals surface area contributed by atoms with Crippen LogP contribution in [0.2, 0.25) is 0 Å². The molecule has 1 heterocycles. The van der Waals surface area contributed by atoms with Crippen molar-refractivity contribution in [2.45, 2.75) is 12.4 Å². The number of thioether (sulfide) groups is 1. The van der Waals surface area contributed by atoms with Crippen molar-refractivity contribution in [1.29, 1.82) is 0 Å². The van der Waals surface area contributed by atoms with Gasteiger partial charge in [-0.15, -0.1) is 0 Å². The lowest BCUT2D eigenvalue weighted by Gasteiger charge is -2.07. The third-order valence-electron chi connectivity index (χ3n) is 2.03. The molecule has 0 aromatic carbocycles. The number of pyridine rings is 1. The van der Waals surface area contributed by atoms with Gasteiger partial charge in [0.1, 0.15) is 5.69 Å². The molecule has 0 aliphatic rings. The molecule has 0 saturated heterocycles. The molecule has 106 valence electrons. The monoisotopic (exact) mass is 293 g/mol. The zero-order valence-corrected chi connectivity index (χ0v) is 11.1. The first-order valence-corrected chi connectivity index (χ1v) is 6.59. The van der Waals surface area contributed by atoms with Crippen molar-refractivity contribution in [2.24, 2.45) is 0 Å². The highest BCUT2D eigenvalue weighted by Crippen LogP contribution is 2.29. The maximum atomic E-state index is 11.9. The fraction of sp³-hybridized carbons (Fsp3) is 0.455. The lowest BCUT2D eigenvalue weighted by Crippen LogP contribution is -2.27. The number of halogens is 3. The minimum absolute atomic E-state index is 0.0559. The minimum Gasteiger partial charge on any atom is -0.384 e. The van der Waals surface area contributed by atoms with Gasteiger partial charge in [0, 0.05) is 18.8 Å². The second-order valence-electron chi connectivity index (χ2n) is 3.51. The van der Waals surface area contributed by atoms with Crippen LogP contribution in [-0.4, -0.2) is 35.2 Å². The summed E-state index contributed by atoms with van der Waals surface area (Å²) in [4.78, 5) is 15.5. The van der Waals surface area contributed by atoms with Crippen LogP contribution in [0.3, 0.4) is 0 Å². The highest BCUT2D eigenvalue weighted by molar-refractivity contribution is 8.00. The molecule has 2 N–H and O–H groups in total. The van der Waals surface area contributed by atoms with E-state index in [0.29, 0.717) is 0 Å². The van der Waals surface area contributed by atoms with Gasteiger partial charge in [-0.25, -0.2) is 4.98 Å². The summed E-state index contributed by atoms with van der Waals surface area (Å²) in [5, 5.41) is 5.40. The maximum Gasteiger partial charge on any atom is 0.441 e. The molecule has 1 amide bonds. The van der Waals surface area contributed by atoms with E-state index in [9.17, 15) is 18.0 Å². The lowest BCUT2D eigenvalue weighted by molar-refractivity contribution is -0.0327. The number of aromatic nitrogens is 1. The van der Waals surface area contributed by atoms with Gasteiger partial charge in [-0.1, -0.05) is 0 Å². The Morgan fingerprint density at radius 3 is 2.68 bits per heavy atom. The molecule has 8 heteroatoms. The van der Waals surface area contributed by atoms with Crippen molar-refractivity contribution < 1.29 is 18.0 Å². The molecule has 0 aliphatic heterocycles. The van der Waals surface area contributed by atoms with Crippen LogP contribution in [-0.2, 0) is 0 Å². The number of carbonyl (C=O) groups excluding carboxylic acids is 1. The smallest absolute Gasteiger partial charge is 0.384 e. The Labute approximate surface area is 113 Å². The van der Waals surface area contributed by atoms with Gasteiger partial charge in [0.05, 0.1) is 11.9 Å². The largest absolute Gasteiger partial charge is 0.441 e. The minimum atomic E-state index is -4.27. The highest BCUT2D eigenvalue weighted by Gasteiger charge is 2.27. The fourth-order valence-corrected chi connectivity index (χ4v) is 1.69. The standard InChI is InChI=1S/C11H14F3N3OS/c1-2-15-8-3-4-9(17-7-8)10(18)16-5-6-19-11(12,13)14/h3-4,7,15H,2,5-6H2,1H3,(H,16,18). The second kappa shape index (κ2) is 7.22. The molecule has 0 unspecified atom stereocenters. The molecule has 0 saturated carbocycles. The van der Waals surface area contributed by atoms with Crippen LogP contribution < -0.4 is 10.6 Å². The van der Waals surface area contributed by atoms with Crippen LogP contribution in [0.5, 0.6) is 0 Å². The van der Waals surface area contributed by atoms with E-state index in [-0.39, 0.29) is 29.8 Å². The molecule has 1 aromatic heterocycles. The molecule has 0 radical (unpaired) electrons. The van der Waals surface area contributed by atoms with Gasteiger partial charge >= 0.3 is 5.51 Å². The molecule has 4 nitrogen and oxygen atoms in total. The number of nitrogens with one attached hydrogen (secondary N) is 2. The Balaban J connectivity index is 2.37. The molecule has 0 spiro atoms. The van der Waals surface area contributed by atoms with Crippen LogP contribution in [0.4, 0.5) is 18.9 Å². The predicted octanol–water partition coefficient (Wildman–Crippen LogP) is 2.50. The van der Waals surface area contributed by atoms with Gasteiger partial charge in [-0.3, -0.25) is 4.79 Å². The van der Waals surface area contributed by atoms with E-state index in [1.165, 1.54) is 12.3 Å². The lowest BCUT2D eigenvalue weighted by atomic mass is 10.3. The summed E-state index contributed by atoms with van der Waals surface area (Å²) in [7, 11) is 0. The summed E-state index contributed by atoms with van der Waals surface area (Å²) in [5.41, 5.74) is -3.30. The number of hydrogen-bond donors (Lipinski definition) is 2. The van der Waals surface area contributed by atoms with Crippen LogP contribution in [0, 0.1) is 0 Å².